The summed E-state index contributed by atoms with van der Waals surface area (Å²) >= 11 is 12.1. The molecule has 2 atom stereocenters. The minimum absolute atomic E-state index is 0.0490. The minimum Gasteiger partial charge on any atom is -0.383 e. The third-order valence-corrected chi connectivity index (χ3v) is 4.98. The maximum atomic E-state index is 13.7. The van der Waals surface area contributed by atoms with Crippen LogP contribution in [0.25, 0.3) is 0 Å². The van der Waals surface area contributed by atoms with Gasteiger partial charge in [0, 0.05) is 25.1 Å². The van der Waals surface area contributed by atoms with Crippen LogP contribution in [0.4, 0.5) is 19.0 Å². The summed E-state index contributed by atoms with van der Waals surface area (Å²) in [6.07, 6.45) is -4.87. The van der Waals surface area contributed by atoms with Crippen molar-refractivity contribution in [3.63, 3.8) is 0 Å². The zero-order valence-electron chi connectivity index (χ0n) is 14.7. The van der Waals surface area contributed by atoms with E-state index in [4.69, 9.17) is 27.9 Å². The Morgan fingerprint density at radius 3 is 2.64 bits per heavy atom. The number of nitrogens with one attached hydrogen (secondary N) is 2. The van der Waals surface area contributed by atoms with Gasteiger partial charge in [-0.05, 0) is 17.7 Å². The highest BCUT2D eigenvalue weighted by molar-refractivity contribution is 6.36. The number of carbonyl (C=O) groups is 1. The number of halogens is 5. The Kier molecular flexibility index (Phi) is 6.07. The van der Waals surface area contributed by atoms with E-state index in [9.17, 15) is 18.0 Å². The number of nitrogens with zero attached hydrogens (tertiary/aromatic N) is 2. The quantitative estimate of drug-likeness (QED) is 0.688. The summed E-state index contributed by atoms with van der Waals surface area (Å²) in [6.45, 7) is 0.427. The molecule has 0 saturated heterocycles. The van der Waals surface area contributed by atoms with Crippen molar-refractivity contribution in [3.8, 4) is 0 Å². The van der Waals surface area contributed by atoms with Crippen molar-refractivity contribution >= 4 is 34.9 Å². The molecule has 1 amide bonds. The van der Waals surface area contributed by atoms with Gasteiger partial charge in [-0.3, -0.25) is 4.79 Å². The van der Waals surface area contributed by atoms with E-state index in [0.717, 1.165) is 4.68 Å². The van der Waals surface area contributed by atoms with E-state index in [0.29, 0.717) is 10.6 Å². The van der Waals surface area contributed by atoms with E-state index in [1.807, 2.05) is 0 Å². The van der Waals surface area contributed by atoms with E-state index >= 15 is 0 Å². The number of hydrogen-bond donors (Lipinski definition) is 2. The highest BCUT2D eigenvalue weighted by atomic mass is 35.5. The van der Waals surface area contributed by atoms with Crippen molar-refractivity contribution in [1.82, 2.24) is 15.1 Å². The Morgan fingerprint density at radius 2 is 2.04 bits per heavy atom. The Morgan fingerprint density at radius 1 is 1.36 bits per heavy atom. The van der Waals surface area contributed by atoms with Crippen molar-refractivity contribution in [2.75, 3.05) is 25.6 Å². The summed E-state index contributed by atoms with van der Waals surface area (Å²) in [4.78, 5) is 12.3. The van der Waals surface area contributed by atoms with Gasteiger partial charge in [-0.15, -0.1) is 0 Å². The molecular formula is C17H17Cl2F3N4O2. The average Bonchev–Trinajstić information content (AvgIpc) is 2.98. The first-order valence-electron chi connectivity index (χ1n) is 8.36. The van der Waals surface area contributed by atoms with Crippen LogP contribution in [0, 0.1) is 0 Å². The highest BCUT2D eigenvalue weighted by Gasteiger charge is 2.47. The molecule has 1 aliphatic rings. The number of anilines is 1. The molecule has 0 aliphatic carbocycles. The molecule has 2 aromatic rings. The summed E-state index contributed by atoms with van der Waals surface area (Å²) in [6, 6.07) is 3.89. The number of aromatic nitrogens is 2. The number of hydrogen-bond acceptors (Lipinski definition) is 4. The highest BCUT2D eigenvalue weighted by Crippen LogP contribution is 2.46. The molecule has 2 unspecified atom stereocenters. The molecule has 11 heteroatoms. The second-order valence-electron chi connectivity index (χ2n) is 6.25. The molecule has 0 saturated carbocycles. The fourth-order valence-corrected chi connectivity index (χ4v) is 3.39. The number of benzene rings is 1. The van der Waals surface area contributed by atoms with Crippen LogP contribution < -0.4 is 10.6 Å². The van der Waals surface area contributed by atoms with Gasteiger partial charge in [0.05, 0.1) is 12.6 Å². The van der Waals surface area contributed by atoms with Gasteiger partial charge in [-0.2, -0.15) is 18.3 Å². The lowest BCUT2D eigenvalue weighted by molar-refractivity contribution is -0.173. The van der Waals surface area contributed by atoms with Crippen LogP contribution in [0.3, 0.4) is 0 Å². The number of fused-ring (bicyclic) bond motifs is 1. The van der Waals surface area contributed by atoms with Crippen LogP contribution in [0.1, 0.15) is 34.6 Å². The molecule has 0 fully saturated rings. The molecule has 0 radical (unpaired) electrons. The Labute approximate surface area is 168 Å². The fraction of sp³-hybridized carbons (Fsp3) is 0.412. The number of ether oxygens (including phenoxy) is 1. The van der Waals surface area contributed by atoms with Gasteiger partial charge in [-0.1, -0.05) is 35.3 Å². The van der Waals surface area contributed by atoms with Gasteiger partial charge in [0.2, 0.25) is 0 Å². The monoisotopic (exact) mass is 436 g/mol. The van der Waals surface area contributed by atoms with Gasteiger partial charge in [-0.25, -0.2) is 4.68 Å². The zero-order valence-corrected chi connectivity index (χ0v) is 16.2. The smallest absolute Gasteiger partial charge is 0.383 e. The summed E-state index contributed by atoms with van der Waals surface area (Å²) < 4.78 is 46.6. The van der Waals surface area contributed by atoms with Crippen LogP contribution in [-0.2, 0) is 4.74 Å². The van der Waals surface area contributed by atoms with Crippen molar-refractivity contribution in [1.29, 1.82) is 0 Å². The SMILES string of the molecule is COCCNC(=O)c1nn2c(c1Cl)NC(c1ccc(Cl)cc1)CC2C(F)(F)F. The Bertz CT molecular complexity index is 855. The Hall–Kier alpha value is -1.97. The van der Waals surface area contributed by atoms with E-state index in [1.54, 1.807) is 24.3 Å². The molecule has 0 spiro atoms. The molecular weight excluding hydrogens is 420 g/mol. The molecule has 1 aromatic carbocycles. The Balaban J connectivity index is 1.96. The lowest BCUT2D eigenvalue weighted by Crippen LogP contribution is -2.36. The lowest BCUT2D eigenvalue weighted by Gasteiger charge is -2.33. The molecule has 0 bridgehead atoms. The molecule has 1 aromatic heterocycles. The van der Waals surface area contributed by atoms with E-state index in [1.165, 1.54) is 7.11 Å². The van der Waals surface area contributed by atoms with Crippen molar-refractivity contribution < 1.29 is 22.7 Å². The standard InChI is InChI=1S/C17H17Cl2F3N4O2/c1-28-7-6-23-16(27)14-13(19)15-24-11(9-2-4-10(18)5-3-9)8-12(17(20,21)22)26(15)25-14/h2-5,11-12,24H,6-8H2,1H3,(H,23,27). The predicted molar refractivity (Wildman–Crippen MR) is 99.0 cm³/mol. The van der Waals surface area contributed by atoms with Gasteiger partial charge >= 0.3 is 6.18 Å². The van der Waals surface area contributed by atoms with Gasteiger partial charge in [0.15, 0.2) is 11.7 Å². The second kappa shape index (κ2) is 8.18. The molecule has 28 heavy (non-hydrogen) atoms. The van der Waals surface area contributed by atoms with Crippen molar-refractivity contribution in [3.05, 3.63) is 45.6 Å². The molecule has 1 aliphatic heterocycles. The van der Waals surface area contributed by atoms with E-state index in [-0.39, 0.29) is 36.1 Å². The average molecular weight is 437 g/mol. The fourth-order valence-electron chi connectivity index (χ4n) is 3.00. The van der Waals surface area contributed by atoms with Crippen molar-refractivity contribution in [2.45, 2.75) is 24.7 Å². The maximum Gasteiger partial charge on any atom is 0.410 e. The third-order valence-electron chi connectivity index (χ3n) is 4.37. The van der Waals surface area contributed by atoms with E-state index in [2.05, 4.69) is 15.7 Å². The summed E-state index contributed by atoms with van der Waals surface area (Å²) in [7, 11) is 1.46. The first kappa shape index (κ1) is 20.8. The zero-order chi connectivity index (χ0) is 20.5. The second-order valence-corrected chi connectivity index (χ2v) is 7.06. The van der Waals surface area contributed by atoms with Crippen molar-refractivity contribution in [2.24, 2.45) is 0 Å². The normalized spacial score (nSPS) is 19.1. The lowest BCUT2D eigenvalue weighted by atomic mass is 9.97. The number of alkyl halides is 3. The van der Waals surface area contributed by atoms with Gasteiger partial charge in [0.25, 0.3) is 5.91 Å². The van der Waals surface area contributed by atoms with Gasteiger partial charge in [0.1, 0.15) is 10.8 Å². The third kappa shape index (κ3) is 4.21. The largest absolute Gasteiger partial charge is 0.410 e. The van der Waals surface area contributed by atoms with Crippen LogP contribution in [-0.4, -0.2) is 42.1 Å². The summed E-state index contributed by atoms with van der Waals surface area (Å²) in [5.74, 6) is -0.721. The first-order valence-corrected chi connectivity index (χ1v) is 9.11. The molecule has 3 rings (SSSR count). The molecule has 152 valence electrons. The van der Waals surface area contributed by atoms with Crippen LogP contribution in [0.2, 0.25) is 10.0 Å². The summed E-state index contributed by atoms with van der Waals surface area (Å²) in [5, 5.41) is 9.63. The number of amides is 1. The van der Waals surface area contributed by atoms with Crippen LogP contribution in [0.5, 0.6) is 0 Å². The number of rotatable bonds is 5. The predicted octanol–water partition coefficient (Wildman–Crippen LogP) is 4.23. The first-order chi connectivity index (χ1) is 13.2. The topological polar surface area (TPSA) is 68.2 Å². The number of methoxy groups -OCH3 is 1. The number of carbonyl (C=O) groups excluding carboxylic acids is 1. The molecule has 6 nitrogen and oxygen atoms in total. The minimum atomic E-state index is -4.57. The van der Waals surface area contributed by atoms with E-state index < -0.39 is 24.2 Å². The van der Waals surface area contributed by atoms with Gasteiger partial charge < -0.3 is 15.4 Å². The van der Waals surface area contributed by atoms with Crippen LogP contribution >= 0.6 is 23.2 Å². The molecule has 2 N–H and O–H groups in total. The van der Waals surface area contributed by atoms with Crippen LogP contribution in [0.15, 0.2) is 24.3 Å². The molecule has 2 heterocycles. The maximum absolute atomic E-state index is 13.7. The summed E-state index contributed by atoms with van der Waals surface area (Å²) in [5.41, 5.74) is 0.347.